The van der Waals surface area contributed by atoms with Crippen LogP contribution < -0.4 is 4.74 Å². The zero-order chi connectivity index (χ0) is 18.1. The monoisotopic (exact) mass is 355 g/mol. The summed E-state index contributed by atoms with van der Waals surface area (Å²) in [7, 11) is 1.37. The molecule has 2 aliphatic heterocycles. The number of halogens is 2. The quantitative estimate of drug-likeness (QED) is 0.749. The molecule has 2 aliphatic rings. The van der Waals surface area contributed by atoms with Crippen LogP contribution in [0.4, 0.5) is 8.78 Å². The van der Waals surface area contributed by atoms with Gasteiger partial charge in [0.2, 0.25) is 5.82 Å². The highest BCUT2D eigenvalue weighted by atomic mass is 19.2. The minimum atomic E-state index is -0.918. The van der Waals surface area contributed by atoms with E-state index in [2.05, 4.69) is 35.2 Å². The van der Waals surface area contributed by atoms with Gasteiger partial charge < -0.3 is 4.74 Å². The van der Waals surface area contributed by atoms with Gasteiger partial charge in [-0.15, -0.1) is 0 Å². The predicted octanol–water partition coefficient (Wildman–Crippen LogP) is 5.18. The van der Waals surface area contributed by atoms with Crippen LogP contribution in [0.1, 0.15) is 36.8 Å². The average molecular weight is 355 g/mol. The molecule has 2 nitrogen and oxygen atoms in total. The van der Waals surface area contributed by atoms with Gasteiger partial charge in [-0.3, -0.25) is 4.90 Å². The lowest BCUT2D eigenvalue weighted by atomic mass is 9.82. The summed E-state index contributed by atoms with van der Waals surface area (Å²) < 4.78 is 32.7. The average Bonchev–Trinajstić information content (AvgIpc) is 2.64. The summed E-state index contributed by atoms with van der Waals surface area (Å²) in [6.07, 6.45) is 6.56. The fourth-order valence-corrected chi connectivity index (χ4v) is 4.27. The third kappa shape index (κ3) is 3.26. The number of rotatable bonds is 4. The van der Waals surface area contributed by atoms with Crippen LogP contribution >= 0.6 is 0 Å². The van der Waals surface area contributed by atoms with Gasteiger partial charge in [0, 0.05) is 18.6 Å². The van der Waals surface area contributed by atoms with Crippen molar-refractivity contribution in [2.75, 3.05) is 7.11 Å². The molecule has 2 atom stereocenters. The molecule has 2 unspecified atom stereocenters. The number of nitrogens with zero attached hydrogens (tertiary/aromatic N) is 1. The zero-order valence-corrected chi connectivity index (χ0v) is 14.9. The first-order chi connectivity index (χ1) is 12.7. The summed E-state index contributed by atoms with van der Waals surface area (Å²) in [5.41, 5.74) is 3.15. The molecular weight excluding hydrogens is 332 g/mol. The van der Waals surface area contributed by atoms with Gasteiger partial charge in [0.05, 0.1) is 7.11 Å². The first-order valence-corrected chi connectivity index (χ1v) is 9.19. The number of fused-ring (bicyclic) bond motifs is 2. The summed E-state index contributed by atoms with van der Waals surface area (Å²) in [6, 6.07) is 14.2. The third-order valence-corrected chi connectivity index (χ3v) is 5.57. The van der Waals surface area contributed by atoms with Crippen LogP contribution in [-0.2, 0) is 6.54 Å². The summed E-state index contributed by atoms with van der Waals surface area (Å²) in [5.74, 6) is -1.80. The molecule has 0 N–H and O–H groups in total. The van der Waals surface area contributed by atoms with Gasteiger partial charge in [0.25, 0.3) is 0 Å². The van der Waals surface area contributed by atoms with E-state index >= 15 is 0 Å². The van der Waals surface area contributed by atoms with Crippen molar-refractivity contribution in [1.29, 1.82) is 0 Å². The number of hydrogen-bond acceptors (Lipinski definition) is 2. The second-order valence-corrected chi connectivity index (χ2v) is 7.18. The molecule has 26 heavy (non-hydrogen) atoms. The highest BCUT2D eigenvalue weighted by Gasteiger charge is 2.34. The van der Waals surface area contributed by atoms with Crippen molar-refractivity contribution >= 4 is 5.57 Å². The molecule has 136 valence electrons. The van der Waals surface area contributed by atoms with Crippen LogP contribution in [0.3, 0.4) is 0 Å². The van der Waals surface area contributed by atoms with Gasteiger partial charge in [-0.05, 0) is 48.1 Å². The van der Waals surface area contributed by atoms with Gasteiger partial charge in [-0.25, -0.2) is 4.39 Å². The van der Waals surface area contributed by atoms with Crippen molar-refractivity contribution in [2.45, 2.75) is 44.3 Å². The largest absolute Gasteiger partial charge is 0.494 e. The summed E-state index contributed by atoms with van der Waals surface area (Å²) in [5, 5.41) is 0. The van der Waals surface area contributed by atoms with Crippen LogP contribution in [0.2, 0.25) is 0 Å². The molecule has 0 aliphatic carbocycles. The topological polar surface area (TPSA) is 12.5 Å². The maximum atomic E-state index is 13.9. The number of piperidine rings is 1. The maximum Gasteiger partial charge on any atom is 0.200 e. The lowest BCUT2D eigenvalue weighted by Gasteiger charge is -2.45. The molecule has 2 aromatic rings. The molecule has 0 aromatic heterocycles. The van der Waals surface area contributed by atoms with Gasteiger partial charge in [-0.1, -0.05) is 42.8 Å². The number of ether oxygens (including phenoxy) is 1. The van der Waals surface area contributed by atoms with E-state index in [0.29, 0.717) is 12.1 Å². The third-order valence-electron chi connectivity index (χ3n) is 5.57. The summed E-state index contributed by atoms with van der Waals surface area (Å²) >= 11 is 0. The molecule has 2 aromatic carbocycles. The fourth-order valence-electron chi connectivity index (χ4n) is 4.27. The first kappa shape index (κ1) is 17.2. The molecule has 0 amide bonds. The predicted molar refractivity (Wildman–Crippen MR) is 98.9 cm³/mol. The molecule has 4 rings (SSSR count). The molecule has 4 heteroatoms. The van der Waals surface area contributed by atoms with Gasteiger partial charge in [0.1, 0.15) is 0 Å². The Bertz CT molecular complexity index is 818. The summed E-state index contributed by atoms with van der Waals surface area (Å²) in [6.45, 7) is 0.932. The SMILES string of the molecule is COc1cc(C2=CC3CCCC(C2)N3Cc2ccccc2)cc(F)c1F. The Labute approximate surface area is 153 Å². The van der Waals surface area contributed by atoms with Gasteiger partial charge in [0.15, 0.2) is 11.6 Å². The van der Waals surface area contributed by atoms with Gasteiger partial charge in [-0.2, -0.15) is 4.39 Å². The van der Waals surface area contributed by atoms with E-state index in [4.69, 9.17) is 4.74 Å². The lowest BCUT2D eigenvalue weighted by Crippen LogP contribution is -2.47. The van der Waals surface area contributed by atoms with Crippen LogP contribution in [0.15, 0.2) is 48.5 Å². The number of benzene rings is 2. The van der Waals surface area contributed by atoms with Crippen molar-refractivity contribution in [3.63, 3.8) is 0 Å². The second-order valence-electron chi connectivity index (χ2n) is 7.18. The van der Waals surface area contributed by atoms with Crippen LogP contribution in [-0.4, -0.2) is 24.1 Å². The number of hydrogen-bond donors (Lipinski definition) is 0. The molecule has 2 heterocycles. The molecule has 0 radical (unpaired) electrons. The van der Waals surface area contributed by atoms with E-state index in [1.165, 1.54) is 25.2 Å². The van der Waals surface area contributed by atoms with Gasteiger partial charge >= 0.3 is 0 Å². The highest BCUT2D eigenvalue weighted by Crippen LogP contribution is 2.39. The van der Waals surface area contributed by atoms with Crippen LogP contribution in [0.5, 0.6) is 5.75 Å². The Hall–Kier alpha value is -2.20. The van der Waals surface area contributed by atoms with Crippen LogP contribution in [0.25, 0.3) is 5.57 Å². The highest BCUT2D eigenvalue weighted by molar-refractivity contribution is 5.69. The van der Waals surface area contributed by atoms with Crippen molar-refractivity contribution in [2.24, 2.45) is 0 Å². The molecule has 0 spiro atoms. The minimum Gasteiger partial charge on any atom is -0.494 e. The zero-order valence-electron chi connectivity index (χ0n) is 14.9. The lowest BCUT2D eigenvalue weighted by molar-refractivity contribution is 0.0951. The van der Waals surface area contributed by atoms with E-state index in [-0.39, 0.29) is 5.75 Å². The Morgan fingerprint density at radius 2 is 1.92 bits per heavy atom. The molecular formula is C22H23F2NO. The maximum absolute atomic E-state index is 13.9. The Morgan fingerprint density at radius 1 is 1.12 bits per heavy atom. The second kappa shape index (κ2) is 7.20. The van der Waals surface area contributed by atoms with E-state index < -0.39 is 11.6 Å². The fraction of sp³-hybridized carbons (Fsp3) is 0.364. The van der Waals surface area contributed by atoms with Crippen molar-refractivity contribution < 1.29 is 13.5 Å². The summed E-state index contributed by atoms with van der Waals surface area (Å²) in [4.78, 5) is 2.56. The standard InChI is InChI=1S/C22H23F2NO/c1-26-21-13-17(12-20(23)22(21)24)16-10-18-8-5-9-19(11-16)25(18)14-15-6-3-2-4-7-15/h2-4,6-7,10,12-13,18-19H,5,8-9,11,14H2,1H3. The van der Waals surface area contributed by atoms with E-state index in [1.807, 2.05) is 6.07 Å². The van der Waals surface area contributed by atoms with E-state index in [9.17, 15) is 8.78 Å². The molecule has 1 fully saturated rings. The van der Waals surface area contributed by atoms with Crippen LogP contribution in [0, 0.1) is 11.6 Å². The Balaban J connectivity index is 1.63. The number of methoxy groups -OCH3 is 1. The molecule has 2 bridgehead atoms. The molecule has 0 saturated carbocycles. The Morgan fingerprint density at radius 3 is 2.65 bits per heavy atom. The Kier molecular flexibility index (Phi) is 4.77. The first-order valence-electron chi connectivity index (χ1n) is 9.19. The smallest absolute Gasteiger partial charge is 0.200 e. The van der Waals surface area contributed by atoms with Crippen molar-refractivity contribution in [1.82, 2.24) is 4.90 Å². The normalized spacial score (nSPS) is 22.8. The van der Waals surface area contributed by atoms with E-state index in [1.54, 1.807) is 6.07 Å². The molecule has 1 saturated heterocycles. The van der Waals surface area contributed by atoms with Crippen molar-refractivity contribution in [3.8, 4) is 5.75 Å². The minimum absolute atomic E-state index is 0.0298. The van der Waals surface area contributed by atoms with Crippen molar-refractivity contribution in [3.05, 3.63) is 71.3 Å². The van der Waals surface area contributed by atoms with E-state index in [0.717, 1.165) is 36.9 Å².